The van der Waals surface area contributed by atoms with Crippen LogP contribution in [0.1, 0.15) is 22.2 Å². The molecule has 5 heteroatoms. The van der Waals surface area contributed by atoms with Crippen LogP contribution in [0.4, 0.5) is 5.69 Å². The van der Waals surface area contributed by atoms with Gasteiger partial charge in [-0.15, -0.1) is 11.3 Å². The minimum atomic E-state index is -0.203. The SMILES string of the molecule is CC(=NNC(=O)c1ccc(N(C)C)cc1)c1cccs1. The highest BCUT2D eigenvalue weighted by atomic mass is 32.1. The van der Waals surface area contributed by atoms with E-state index >= 15 is 0 Å². The highest BCUT2D eigenvalue weighted by Gasteiger charge is 2.05. The summed E-state index contributed by atoms with van der Waals surface area (Å²) < 4.78 is 0. The second-order valence-corrected chi connectivity index (χ2v) is 5.50. The summed E-state index contributed by atoms with van der Waals surface area (Å²) in [5, 5.41) is 6.10. The summed E-state index contributed by atoms with van der Waals surface area (Å²) in [6.07, 6.45) is 0. The number of anilines is 1. The zero-order valence-corrected chi connectivity index (χ0v) is 12.6. The number of carbonyl (C=O) groups is 1. The third-order valence-electron chi connectivity index (χ3n) is 2.85. The number of thiophene rings is 1. The second-order valence-electron chi connectivity index (χ2n) is 4.56. The first-order valence-electron chi connectivity index (χ1n) is 6.24. The number of nitrogens with one attached hydrogen (secondary N) is 1. The quantitative estimate of drug-likeness (QED) is 0.694. The van der Waals surface area contributed by atoms with E-state index in [0.717, 1.165) is 16.3 Å². The Balaban J connectivity index is 2.03. The molecule has 1 heterocycles. The van der Waals surface area contributed by atoms with E-state index in [1.807, 2.05) is 55.6 Å². The van der Waals surface area contributed by atoms with Crippen LogP contribution in [0.5, 0.6) is 0 Å². The molecule has 1 amide bonds. The summed E-state index contributed by atoms with van der Waals surface area (Å²) in [4.78, 5) is 15.0. The number of hydrazone groups is 1. The maximum absolute atomic E-state index is 12.0. The van der Waals surface area contributed by atoms with Crippen molar-refractivity contribution in [2.75, 3.05) is 19.0 Å². The first-order valence-corrected chi connectivity index (χ1v) is 7.12. The maximum atomic E-state index is 12.0. The molecule has 20 heavy (non-hydrogen) atoms. The van der Waals surface area contributed by atoms with Crippen LogP contribution in [0.2, 0.25) is 0 Å². The first kappa shape index (κ1) is 14.3. The Morgan fingerprint density at radius 1 is 1.20 bits per heavy atom. The van der Waals surface area contributed by atoms with E-state index in [9.17, 15) is 4.79 Å². The van der Waals surface area contributed by atoms with Crippen LogP contribution in [-0.4, -0.2) is 25.7 Å². The van der Waals surface area contributed by atoms with Crippen molar-refractivity contribution in [1.29, 1.82) is 0 Å². The van der Waals surface area contributed by atoms with Crippen LogP contribution in [-0.2, 0) is 0 Å². The van der Waals surface area contributed by atoms with Crippen LogP contribution >= 0.6 is 11.3 Å². The molecule has 0 aliphatic rings. The van der Waals surface area contributed by atoms with Gasteiger partial charge in [0.15, 0.2) is 0 Å². The average Bonchev–Trinajstić information content (AvgIpc) is 2.98. The second kappa shape index (κ2) is 6.34. The Kier molecular flexibility index (Phi) is 4.53. The Labute approximate surface area is 122 Å². The molecule has 1 N–H and O–H groups in total. The van der Waals surface area contributed by atoms with Crippen LogP contribution in [0.15, 0.2) is 46.9 Å². The van der Waals surface area contributed by atoms with Crippen LogP contribution in [0.3, 0.4) is 0 Å². The Morgan fingerprint density at radius 2 is 1.90 bits per heavy atom. The Bertz CT molecular complexity index is 601. The van der Waals surface area contributed by atoms with Gasteiger partial charge < -0.3 is 4.90 Å². The molecule has 0 saturated carbocycles. The van der Waals surface area contributed by atoms with Crippen molar-refractivity contribution in [3.05, 3.63) is 52.2 Å². The van der Waals surface area contributed by atoms with Crippen LogP contribution in [0, 0.1) is 0 Å². The summed E-state index contributed by atoms with van der Waals surface area (Å²) in [5.41, 5.74) is 5.03. The van der Waals surface area contributed by atoms with Gasteiger partial charge in [0, 0.05) is 30.2 Å². The zero-order chi connectivity index (χ0) is 14.5. The monoisotopic (exact) mass is 287 g/mol. The fourth-order valence-electron chi connectivity index (χ4n) is 1.65. The van der Waals surface area contributed by atoms with Crippen molar-refractivity contribution in [1.82, 2.24) is 5.43 Å². The lowest BCUT2D eigenvalue weighted by Crippen LogP contribution is -2.19. The van der Waals surface area contributed by atoms with E-state index < -0.39 is 0 Å². The molecule has 0 atom stereocenters. The summed E-state index contributed by atoms with van der Waals surface area (Å²) >= 11 is 1.60. The van der Waals surface area contributed by atoms with E-state index in [0.29, 0.717) is 5.56 Å². The molecule has 0 saturated heterocycles. The lowest BCUT2D eigenvalue weighted by molar-refractivity contribution is 0.0955. The normalized spacial score (nSPS) is 11.2. The molecule has 0 aliphatic heterocycles. The van der Waals surface area contributed by atoms with E-state index in [1.165, 1.54) is 0 Å². The predicted octanol–water partition coefficient (Wildman–Crippen LogP) is 2.97. The molecular formula is C15H17N3OS. The molecule has 4 nitrogen and oxygen atoms in total. The molecule has 1 aromatic carbocycles. The lowest BCUT2D eigenvalue weighted by atomic mass is 10.2. The third-order valence-corrected chi connectivity index (χ3v) is 3.83. The molecule has 1 aromatic heterocycles. The molecule has 104 valence electrons. The predicted molar refractivity (Wildman–Crippen MR) is 84.8 cm³/mol. The van der Waals surface area contributed by atoms with Crippen molar-refractivity contribution < 1.29 is 4.79 Å². The highest BCUT2D eigenvalue weighted by Crippen LogP contribution is 2.12. The van der Waals surface area contributed by atoms with Gasteiger partial charge in [0.1, 0.15) is 0 Å². The van der Waals surface area contributed by atoms with Crippen molar-refractivity contribution in [2.45, 2.75) is 6.92 Å². The molecule has 2 rings (SSSR count). The molecule has 0 aliphatic carbocycles. The summed E-state index contributed by atoms with van der Waals surface area (Å²) in [6, 6.07) is 11.3. The molecule has 0 radical (unpaired) electrons. The van der Waals surface area contributed by atoms with Gasteiger partial charge in [-0.05, 0) is 42.6 Å². The lowest BCUT2D eigenvalue weighted by Gasteiger charge is -2.12. The third kappa shape index (κ3) is 3.45. The van der Waals surface area contributed by atoms with Crippen LogP contribution in [0.25, 0.3) is 0 Å². The van der Waals surface area contributed by atoms with Crippen LogP contribution < -0.4 is 10.3 Å². The molecule has 0 fully saturated rings. The van der Waals surface area contributed by atoms with E-state index in [2.05, 4.69) is 10.5 Å². The van der Waals surface area contributed by atoms with Gasteiger partial charge in [0.25, 0.3) is 5.91 Å². The first-order chi connectivity index (χ1) is 9.58. The van der Waals surface area contributed by atoms with E-state index in [-0.39, 0.29) is 5.91 Å². The van der Waals surface area contributed by atoms with Gasteiger partial charge in [0.05, 0.1) is 5.71 Å². The Hall–Kier alpha value is -2.14. The van der Waals surface area contributed by atoms with E-state index in [1.54, 1.807) is 23.5 Å². The maximum Gasteiger partial charge on any atom is 0.271 e. The van der Waals surface area contributed by atoms with Gasteiger partial charge in [-0.2, -0.15) is 5.10 Å². The standard InChI is InChI=1S/C15H17N3OS/c1-11(14-5-4-10-20-14)16-17-15(19)12-6-8-13(9-7-12)18(2)3/h4-10H,1-3H3,(H,17,19). The van der Waals surface area contributed by atoms with Crippen molar-refractivity contribution in [3.63, 3.8) is 0 Å². The number of rotatable bonds is 4. The average molecular weight is 287 g/mol. The Morgan fingerprint density at radius 3 is 2.45 bits per heavy atom. The van der Waals surface area contributed by atoms with Gasteiger partial charge in [-0.3, -0.25) is 4.79 Å². The number of carbonyl (C=O) groups excluding carboxylic acids is 1. The number of amides is 1. The number of hydrogen-bond acceptors (Lipinski definition) is 4. The molecule has 0 bridgehead atoms. The summed E-state index contributed by atoms with van der Waals surface area (Å²) in [6.45, 7) is 1.88. The van der Waals surface area contributed by atoms with Gasteiger partial charge in [-0.25, -0.2) is 5.43 Å². The molecule has 2 aromatic rings. The topological polar surface area (TPSA) is 44.7 Å². The minimum absolute atomic E-state index is 0.203. The largest absolute Gasteiger partial charge is 0.378 e. The molecule has 0 unspecified atom stereocenters. The molecule has 0 spiro atoms. The summed E-state index contributed by atoms with van der Waals surface area (Å²) in [5.74, 6) is -0.203. The van der Waals surface area contributed by atoms with Crippen molar-refractivity contribution >= 4 is 28.6 Å². The van der Waals surface area contributed by atoms with E-state index in [4.69, 9.17) is 0 Å². The smallest absolute Gasteiger partial charge is 0.271 e. The number of nitrogens with zero attached hydrogens (tertiary/aromatic N) is 2. The zero-order valence-electron chi connectivity index (χ0n) is 11.8. The fraction of sp³-hybridized carbons (Fsp3) is 0.200. The van der Waals surface area contributed by atoms with Gasteiger partial charge >= 0.3 is 0 Å². The molecular weight excluding hydrogens is 270 g/mol. The number of benzene rings is 1. The van der Waals surface area contributed by atoms with Crippen molar-refractivity contribution in [3.8, 4) is 0 Å². The van der Waals surface area contributed by atoms with Gasteiger partial charge in [0.2, 0.25) is 0 Å². The minimum Gasteiger partial charge on any atom is -0.378 e. The highest BCUT2D eigenvalue weighted by molar-refractivity contribution is 7.12. The summed E-state index contributed by atoms with van der Waals surface area (Å²) in [7, 11) is 3.92. The fourth-order valence-corrected chi connectivity index (χ4v) is 2.33. The van der Waals surface area contributed by atoms with Gasteiger partial charge in [-0.1, -0.05) is 6.07 Å². The van der Waals surface area contributed by atoms with Crippen molar-refractivity contribution in [2.24, 2.45) is 5.10 Å². The number of hydrogen-bond donors (Lipinski definition) is 1.